The van der Waals surface area contributed by atoms with E-state index in [0.717, 1.165) is 35.9 Å². The monoisotopic (exact) mass is 460 g/mol. The predicted molar refractivity (Wildman–Crippen MR) is 119 cm³/mol. The van der Waals surface area contributed by atoms with Crippen molar-refractivity contribution in [2.75, 3.05) is 20.2 Å². The highest BCUT2D eigenvalue weighted by Gasteiger charge is 2.29. The summed E-state index contributed by atoms with van der Waals surface area (Å²) in [5, 5.41) is 0.681. The third-order valence-electron chi connectivity index (χ3n) is 5.25. The predicted octanol–water partition coefficient (Wildman–Crippen LogP) is 4.23. The van der Waals surface area contributed by atoms with Crippen LogP contribution in [0.2, 0.25) is 0 Å². The van der Waals surface area contributed by atoms with E-state index in [9.17, 15) is 13.2 Å². The number of carbonyl (C=O) groups is 1. The van der Waals surface area contributed by atoms with Gasteiger partial charge in [0.1, 0.15) is 22.3 Å². The molecule has 9 heteroatoms. The fourth-order valence-electron chi connectivity index (χ4n) is 3.62. The van der Waals surface area contributed by atoms with Crippen molar-refractivity contribution in [1.82, 2.24) is 9.29 Å². The molecule has 1 aliphatic heterocycles. The molecule has 0 N–H and O–H groups in total. The van der Waals surface area contributed by atoms with Gasteiger partial charge in [-0.15, -0.1) is 11.3 Å². The summed E-state index contributed by atoms with van der Waals surface area (Å²) in [5.74, 6) is -0.388. The lowest BCUT2D eigenvalue weighted by Gasteiger charge is -2.21. The zero-order chi connectivity index (χ0) is 21.8. The van der Waals surface area contributed by atoms with Gasteiger partial charge in [0.25, 0.3) is 0 Å². The molecule has 1 aromatic heterocycles. The molecule has 31 heavy (non-hydrogen) atoms. The van der Waals surface area contributed by atoms with Crippen LogP contribution in [0, 0.1) is 0 Å². The Balaban J connectivity index is 1.55. The molecule has 0 atom stereocenters. The normalized spacial score (nSPS) is 15.5. The van der Waals surface area contributed by atoms with Crippen LogP contribution in [-0.4, -0.2) is 43.9 Å². The van der Waals surface area contributed by atoms with Crippen molar-refractivity contribution in [2.45, 2.75) is 37.2 Å². The van der Waals surface area contributed by atoms with E-state index in [1.54, 1.807) is 0 Å². The Morgan fingerprint density at radius 2 is 1.84 bits per heavy atom. The number of nitrogens with zero attached hydrogens (tertiary/aromatic N) is 2. The maximum Gasteiger partial charge on any atom is 0.338 e. The largest absolute Gasteiger partial charge is 0.495 e. The summed E-state index contributed by atoms with van der Waals surface area (Å²) in [5.41, 5.74) is 1.02. The van der Waals surface area contributed by atoms with E-state index < -0.39 is 16.0 Å². The van der Waals surface area contributed by atoms with Crippen LogP contribution in [0.5, 0.6) is 5.75 Å². The van der Waals surface area contributed by atoms with Gasteiger partial charge in [0.2, 0.25) is 10.0 Å². The molecule has 0 amide bonds. The number of fused-ring (bicyclic) bond motifs is 1. The molecule has 1 aliphatic rings. The van der Waals surface area contributed by atoms with Crippen LogP contribution in [0.25, 0.3) is 10.2 Å². The van der Waals surface area contributed by atoms with E-state index in [0.29, 0.717) is 18.1 Å². The maximum atomic E-state index is 13.3. The molecule has 1 saturated heterocycles. The van der Waals surface area contributed by atoms with Gasteiger partial charge in [0.15, 0.2) is 0 Å². The highest BCUT2D eigenvalue weighted by atomic mass is 32.2. The average Bonchev–Trinajstić information content (AvgIpc) is 2.99. The number of aromatic nitrogens is 1. The van der Waals surface area contributed by atoms with Gasteiger partial charge in [-0.3, -0.25) is 0 Å². The van der Waals surface area contributed by atoms with Gasteiger partial charge in [-0.05, 0) is 43.2 Å². The van der Waals surface area contributed by atoms with Crippen molar-refractivity contribution in [3.63, 3.8) is 0 Å². The smallest absolute Gasteiger partial charge is 0.338 e. The number of esters is 1. The van der Waals surface area contributed by atoms with Crippen molar-refractivity contribution in [1.29, 1.82) is 0 Å². The first-order valence-corrected chi connectivity index (χ1v) is 12.4. The van der Waals surface area contributed by atoms with Crippen LogP contribution in [-0.2, 0) is 21.4 Å². The van der Waals surface area contributed by atoms with Crippen LogP contribution < -0.4 is 4.74 Å². The zero-order valence-electron chi connectivity index (χ0n) is 17.2. The molecule has 4 rings (SSSR count). The number of para-hydroxylation sites is 1. The number of carbonyl (C=O) groups excluding carboxylic acids is 1. The van der Waals surface area contributed by atoms with Gasteiger partial charge in [0, 0.05) is 13.1 Å². The molecule has 0 aliphatic carbocycles. The van der Waals surface area contributed by atoms with Crippen molar-refractivity contribution in [2.24, 2.45) is 0 Å². The Kier molecular flexibility index (Phi) is 6.54. The number of hydrogen-bond acceptors (Lipinski definition) is 7. The van der Waals surface area contributed by atoms with E-state index in [1.165, 1.54) is 41.0 Å². The minimum absolute atomic E-state index is 0.00802. The van der Waals surface area contributed by atoms with Gasteiger partial charge in [0.05, 0.1) is 22.9 Å². The number of thiazole rings is 1. The Morgan fingerprint density at radius 3 is 2.55 bits per heavy atom. The fraction of sp³-hybridized carbons (Fsp3) is 0.364. The Hall–Kier alpha value is -2.49. The molecular weight excluding hydrogens is 436 g/mol. The molecule has 2 aromatic carbocycles. The highest BCUT2D eigenvalue weighted by molar-refractivity contribution is 7.89. The fourth-order valence-corrected chi connectivity index (χ4v) is 6.20. The van der Waals surface area contributed by atoms with Crippen molar-refractivity contribution in [3.05, 3.63) is 53.0 Å². The summed E-state index contributed by atoms with van der Waals surface area (Å²) in [6.07, 6.45) is 3.68. The standard InChI is InChI=1S/C22H24N2O5S2/c1-28-18-11-10-16(14-20(18)31(26,27)24-12-6-2-3-7-13-24)22(25)29-15-21-23-17-8-4-5-9-19(17)30-21/h4-5,8-11,14H,2-3,6-7,12-13,15H2,1H3. The summed E-state index contributed by atoms with van der Waals surface area (Å²) >= 11 is 1.46. The lowest BCUT2D eigenvalue weighted by molar-refractivity contribution is 0.0472. The molecule has 0 radical (unpaired) electrons. The minimum Gasteiger partial charge on any atom is -0.495 e. The van der Waals surface area contributed by atoms with Gasteiger partial charge in [-0.25, -0.2) is 18.2 Å². The second kappa shape index (κ2) is 9.33. The Bertz CT molecular complexity index is 1150. The summed E-state index contributed by atoms with van der Waals surface area (Å²) in [7, 11) is -2.36. The Morgan fingerprint density at radius 1 is 1.10 bits per heavy atom. The van der Waals surface area contributed by atoms with Crippen LogP contribution in [0.4, 0.5) is 0 Å². The Labute approximate surface area is 185 Å². The molecule has 2 heterocycles. The quantitative estimate of drug-likeness (QED) is 0.512. The summed E-state index contributed by atoms with van der Waals surface area (Å²) in [6.45, 7) is 0.966. The lowest BCUT2D eigenvalue weighted by Crippen LogP contribution is -2.32. The van der Waals surface area contributed by atoms with Crippen LogP contribution in [0.15, 0.2) is 47.4 Å². The first-order valence-electron chi connectivity index (χ1n) is 10.2. The van der Waals surface area contributed by atoms with Gasteiger partial charge in [-0.1, -0.05) is 25.0 Å². The van der Waals surface area contributed by atoms with Gasteiger partial charge in [-0.2, -0.15) is 4.31 Å². The maximum absolute atomic E-state index is 13.3. The molecule has 7 nitrogen and oxygen atoms in total. The van der Waals surface area contributed by atoms with Crippen molar-refractivity contribution in [3.8, 4) is 5.75 Å². The number of sulfonamides is 1. The van der Waals surface area contributed by atoms with Crippen molar-refractivity contribution < 1.29 is 22.7 Å². The SMILES string of the molecule is COc1ccc(C(=O)OCc2nc3ccccc3s2)cc1S(=O)(=O)N1CCCCCC1. The van der Waals surface area contributed by atoms with Crippen LogP contribution >= 0.6 is 11.3 Å². The number of ether oxygens (including phenoxy) is 2. The van der Waals surface area contributed by atoms with Gasteiger partial charge >= 0.3 is 5.97 Å². The molecular formula is C22H24N2O5S2. The topological polar surface area (TPSA) is 85.8 Å². The first-order chi connectivity index (χ1) is 15.0. The molecule has 0 bridgehead atoms. The minimum atomic E-state index is -3.78. The molecule has 3 aromatic rings. The second-order valence-electron chi connectivity index (χ2n) is 7.34. The summed E-state index contributed by atoms with van der Waals surface area (Å²) < 4.78 is 39.7. The van der Waals surface area contributed by atoms with Crippen molar-refractivity contribution >= 4 is 37.5 Å². The van der Waals surface area contributed by atoms with E-state index in [-0.39, 0.29) is 22.8 Å². The van der Waals surface area contributed by atoms with E-state index >= 15 is 0 Å². The van der Waals surface area contributed by atoms with E-state index in [1.807, 2.05) is 24.3 Å². The molecule has 164 valence electrons. The number of methoxy groups -OCH3 is 1. The van der Waals surface area contributed by atoms with Crippen LogP contribution in [0.3, 0.4) is 0 Å². The molecule has 0 saturated carbocycles. The summed E-state index contributed by atoms with van der Waals surface area (Å²) in [6, 6.07) is 12.1. The number of rotatable bonds is 6. The number of hydrogen-bond donors (Lipinski definition) is 0. The van der Waals surface area contributed by atoms with Crippen LogP contribution in [0.1, 0.15) is 41.0 Å². The molecule has 0 unspecified atom stereocenters. The summed E-state index contributed by atoms with van der Waals surface area (Å²) in [4.78, 5) is 17.1. The number of benzene rings is 2. The third-order valence-corrected chi connectivity index (χ3v) is 8.18. The molecule has 0 spiro atoms. The van der Waals surface area contributed by atoms with Gasteiger partial charge < -0.3 is 9.47 Å². The third kappa shape index (κ3) is 4.73. The lowest BCUT2D eigenvalue weighted by atomic mass is 10.2. The average molecular weight is 461 g/mol. The highest BCUT2D eigenvalue weighted by Crippen LogP contribution is 2.30. The van der Waals surface area contributed by atoms with E-state index in [2.05, 4.69) is 4.98 Å². The second-order valence-corrected chi connectivity index (χ2v) is 10.4. The molecule has 1 fully saturated rings. The zero-order valence-corrected chi connectivity index (χ0v) is 18.9. The first kappa shape index (κ1) is 21.7. The van der Waals surface area contributed by atoms with E-state index in [4.69, 9.17) is 9.47 Å².